The summed E-state index contributed by atoms with van der Waals surface area (Å²) in [7, 11) is 5.23. The van der Waals surface area contributed by atoms with Gasteiger partial charge in [0.2, 0.25) is 0 Å². The van der Waals surface area contributed by atoms with Crippen LogP contribution in [0.25, 0.3) is 0 Å². The molecule has 1 unspecified atom stereocenters. The van der Waals surface area contributed by atoms with Crippen LogP contribution < -0.4 is 15.2 Å². The molecule has 0 saturated carbocycles. The molecule has 1 aromatic carbocycles. The van der Waals surface area contributed by atoms with Crippen LogP contribution >= 0.6 is 11.8 Å². The molecule has 0 saturated heterocycles. The number of ether oxygens (including phenoxy) is 2. The summed E-state index contributed by atoms with van der Waals surface area (Å²) in [6, 6.07) is 5.56. The van der Waals surface area contributed by atoms with Gasteiger partial charge in [-0.2, -0.15) is 0 Å². The van der Waals surface area contributed by atoms with Gasteiger partial charge in [-0.1, -0.05) is 17.8 Å². The van der Waals surface area contributed by atoms with Gasteiger partial charge >= 0.3 is 0 Å². The van der Waals surface area contributed by atoms with E-state index in [9.17, 15) is 0 Å². The fourth-order valence-corrected chi connectivity index (χ4v) is 2.78. The van der Waals surface area contributed by atoms with E-state index < -0.39 is 0 Å². The molecule has 0 spiro atoms. The third-order valence-corrected chi connectivity index (χ3v) is 4.19. The van der Waals surface area contributed by atoms with Crippen LogP contribution in [0.15, 0.2) is 35.7 Å². The third-order valence-electron chi connectivity index (χ3n) is 3.01. The number of benzene rings is 1. The van der Waals surface area contributed by atoms with E-state index in [0.717, 1.165) is 28.0 Å². The van der Waals surface area contributed by atoms with E-state index in [1.807, 2.05) is 36.0 Å². The van der Waals surface area contributed by atoms with E-state index in [1.165, 1.54) is 0 Å². The maximum absolute atomic E-state index is 6.25. The summed E-state index contributed by atoms with van der Waals surface area (Å²) >= 11 is 1.63. The van der Waals surface area contributed by atoms with Crippen LogP contribution in [0.1, 0.15) is 11.6 Å². The highest BCUT2D eigenvalue weighted by Crippen LogP contribution is 2.31. The van der Waals surface area contributed by atoms with Gasteiger partial charge in [-0.3, -0.25) is 0 Å². The molecule has 0 aliphatic carbocycles. The first-order valence-corrected chi connectivity index (χ1v) is 7.22. The summed E-state index contributed by atoms with van der Waals surface area (Å²) in [4.78, 5) is 4.27. The lowest BCUT2D eigenvalue weighted by Gasteiger charge is -2.16. The van der Waals surface area contributed by atoms with Gasteiger partial charge in [-0.25, -0.2) is 4.98 Å². The fourth-order valence-electron chi connectivity index (χ4n) is 1.87. The predicted molar refractivity (Wildman–Crippen MR) is 80.4 cm³/mol. The van der Waals surface area contributed by atoms with Gasteiger partial charge in [0.25, 0.3) is 0 Å². The molecule has 2 aromatic rings. The second-order valence-electron chi connectivity index (χ2n) is 4.35. The van der Waals surface area contributed by atoms with Gasteiger partial charge in [0, 0.05) is 42.9 Å². The molecule has 1 atom stereocenters. The molecule has 5 nitrogen and oxygen atoms in total. The second kappa shape index (κ2) is 6.67. The number of rotatable bonds is 6. The SMILES string of the molecule is COc1ccc(C(N)CSc2nccn2C)c(OC)c1. The molecule has 6 heteroatoms. The predicted octanol–water partition coefficient (Wildman–Crippen LogP) is 2.23. The van der Waals surface area contributed by atoms with Crippen molar-refractivity contribution >= 4 is 11.8 Å². The van der Waals surface area contributed by atoms with Gasteiger partial charge < -0.3 is 19.8 Å². The second-order valence-corrected chi connectivity index (χ2v) is 5.33. The lowest BCUT2D eigenvalue weighted by Crippen LogP contribution is -2.14. The number of aromatic nitrogens is 2. The molecular formula is C14H19N3O2S. The first kappa shape index (κ1) is 14.7. The average molecular weight is 293 g/mol. The smallest absolute Gasteiger partial charge is 0.167 e. The van der Waals surface area contributed by atoms with Crippen LogP contribution in [0, 0.1) is 0 Å². The lowest BCUT2D eigenvalue weighted by molar-refractivity contribution is 0.389. The highest BCUT2D eigenvalue weighted by atomic mass is 32.2. The first-order chi connectivity index (χ1) is 9.65. The zero-order valence-electron chi connectivity index (χ0n) is 11.9. The lowest BCUT2D eigenvalue weighted by atomic mass is 10.1. The zero-order valence-corrected chi connectivity index (χ0v) is 12.7. The summed E-state index contributed by atoms with van der Waals surface area (Å²) < 4.78 is 12.5. The van der Waals surface area contributed by atoms with Gasteiger partial charge in [-0.15, -0.1) is 0 Å². The Kier molecular flexibility index (Phi) is 4.92. The van der Waals surface area contributed by atoms with Crippen LogP contribution in [-0.2, 0) is 7.05 Å². The Morgan fingerprint density at radius 2 is 2.15 bits per heavy atom. The molecule has 0 radical (unpaired) electrons. The topological polar surface area (TPSA) is 62.3 Å². The van der Waals surface area contributed by atoms with Crippen LogP contribution in [0.4, 0.5) is 0 Å². The van der Waals surface area contributed by atoms with E-state index >= 15 is 0 Å². The molecule has 108 valence electrons. The minimum Gasteiger partial charge on any atom is -0.497 e. The normalized spacial score (nSPS) is 12.2. The van der Waals surface area contributed by atoms with Crippen LogP contribution in [0.3, 0.4) is 0 Å². The van der Waals surface area contributed by atoms with Crippen LogP contribution in [0.5, 0.6) is 11.5 Å². The number of thioether (sulfide) groups is 1. The quantitative estimate of drug-likeness (QED) is 0.828. The minimum absolute atomic E-state index is 0.127. The van der Waals surface area contributed by atoms with Crippen molar-refractivity contribution in [1.29, 1.82) is 0 Å². The van der Waals surface area contributed by atoms with Crippen molar-refractivity contribution in [3.63, 3.8) is 0 Å². The minimum atomic E-state index is -0.127. The Hall–Kier alpha value is -1.66. The van der Waals surface area contributed by atoms with E-state index in [2.05, 4.69) is 4.98 Å². The van der Waals surface area contributed by atoms with E-state index in [0.29, 0.717) is 0 Å². The number of nitrogens with two attached hydrogens (primary N) is 1. The summed E-state index contributed by atoms with van der Waals surface area (Å²) in [5.41, 5.74) is 7.22. The Morgan fingerprint density at radius 1 is 1.35 bits per heavy atom. The molecule has 2 rings (SSSR count). The molecular weight excluding hydrogens is 274 g/mol. The van der Waals surface area contributed by atoms with Crippen molar-refractivity contribution in [2.75, 3.05) is 20.0 Å². The molecule has 0 aliphatic heterocycles. The number of methoxy groups -OCH3 is 2. The number of hydrogen-bond donors (Lipinski definition) is 1. The largest absolute Gasteiger partial charge is 0.497 e. The van der Waals surface area contributed by atoms with Crippen LogP contribution in [-0.4, -0.2) is 29.5 Å². The number of nitrogens with zero attached hydrogens (tertiary/aromatic N) is 2. The molecule has 1 heterocycles. The van der Waals surface area contributed by atoms with Gasteiger partial charge in [0.1, 0.15) is 11.5 Å². The first-order valence-electron chi connectivity index (χ1n) is 6.23. The molecule has 1 aromatic heterocycles. The van der Waals surface area contributed by atoms with Crippen molar-refractivity contribution in [1.82, 2.24) is 9.55 Å². The van der Waals surface area contributed by atoms with Gasteiger partial charge in [0.05, 0.1) is 14.2 Å². The highest BCUT2D eigenvalue weighted by molar-refractivity contribution is 7.99. The summed E-state index contributed by atoms with van der Waals surface area (Å²) in [5, 5.41) is 0.952. The van der Waals surface area contributed by atoms with E-state index in [-0.39, 0.29) is 6.04 Å². The molecule has 0 aliphatic rings. The van der Waals surface area contributed by atoms with Crippen molar-refractivity contribution in [2.24, 2.45) is 12.8 Å². The maximum atomic E-state index is 6.25. The monoisotopic (exact) mass is 293 g/mol. The summed E-state index contributed by atoms with van der Waals surface area (Å²) in [6.45, 7) is 0. The van der Waals surface area contributed by atoms with Crippen molar-refractivity contribution in [2.45, 2.75) is 11.2 Å². The number of aryl methyl sites for hydroxylation is 1. The maximum Gasteiger partial charge on any atom is 0.167 e. The zero-order chi connectivity index (χ0) is 14.5. The van der Waals surface area contributed by atoms with E-state index in [1.54, 1.807) is 32.2 Å². The Morgan fingerprint density at radius 3 is 2.75 bits per heavy atom. The molecule has 20 heavy (non-hydrogen) atoms. The standard InChI is InChI=1S/C14H19N3O2S/c1-17-7-6-16-14(17)20-9-12(15)11-5-4-10(18-2)8-13(11)19-3/h4-8,12H,9,15H2,1-3H3. The Balaban J connectivity index is 2.08. The number of hydrogen-bond acceptors (Lipinski definition) is 5. The third kappa shape index (κ3) is 3.26. The average Bonchev–Trinajstić information content (AvgIpc) is 2.89. The fraction of sp³-hybridized carbons (Fsp3) is 0.357. The summed E-state index contributed by atoms with van der Waals surface area (Å²) in [6.07, 6.45) is 3.70. The highest BCUT2D eigenvalue weighted by Gasteiger charge is 2.14. The van der Waals surface area contributed by atoms with E-state index in [4.69, 9.17) is 15.2 Å². The Labute approximate surface area is 123 Å². The molecule has 0 amide bonds. The number of imidazole rings is 1. The molecule has 0 fully saturated rings. The van der Waals surface area contributed by atoms with Crippen LogP contribution in [0.2, 0.25) is 0 Å². The molecule has 0 bridgehead atoms. The van der Waals surface area contributed by atoms with Crippen molar-refractivity contribution in [3.05, 3.63) is 36.2 Å². The van der Waals surface area contributed by atoms with Gasteiger partial charge in [-0.05, 0) is 6.07 Å². The van der Waals surface area contributed by atoms with Crippen molar-refractivity contribution < 1.29 is 9.47 Å². The van der Waals surface area contributed by atoms with Crippen molar-refractivity contribution in [3.8, 4) is 11.5 Å². The van der Waals surface area contributed by atoms with Gasteiger partial charge in [0.15, 0.2) is 5.16 Å². The molecule has 2 N–H and O–H groups in total. The summed E-state index contributed by atoms with van der Waals surface area (Å²) in [5.74, 6) is 2.24. The Bertz CT molecular complexity index is 571.